The van der Waals surface area contributed by atoms with E-state index in [1.807, 2.05) is 48.2 Å². The number of rotatable bonds is 5. The third-order valence-corrected chi connectivity index (χ3v) is 6.36. The van der Waals surface area contributed by atoms with Gasteiger partial charge >= 0.3 is 0 Å². The number of aryl methyl sites for hydroxylation is 1. The zero-order chi connectivity index (χ0) is 21.3. The number of methoxy groups -OCH3 is 2. The van der Waals surface area contributed by atoms with Crippen molar-refractivity contribution in [2.24, 2.45) is 5.92 Å². The fourth-order valence-corrected chi connectivity index (χ4v) is 4.60. The van der Waals surface area contributed by atoms with Crippen LogP contribution in [-0.4, -0.2) is 37.0 Å². The Kier molecular flexibility index (Phi) is 5.66. The highest BCUT2D eigenvalue weighted by Crippen LogP contribution is 2.36. The summed E-state index contributed by atoms with van der Waals surface area (Å²) in [6.07, 6.45) is 3.21. The van der Waals surface area contributed by atoms with Gasteiger partial charge in [-0.15, -0.1) is 0 Å². The van der Waals surface area contributed by atoms with E-state index in [2.05, 4.69) is 5.32 Å². The number of nitrogens with one attached hydrogen (secondary N) is 1. The summed E-state index contributed by atoms with van der Waals surface area (Å²) in [6, 6.07) is 11.5. The van der Waals surface area contributed by atoms with Gasteiger partial charge in [-0.2, -0.15) is 0 Å². The molecule has 30 heavy (non-hydrogen) atoms. The number of carbonyl (C=O) groups is 2. The molecule has 1 N–H and O–H groups in total. The Morgan fingerprint density at radius 1 is 1.03 bits per heavy atom. The number of ether oxygens (including phenoxy) is 2. The minimum atomic E-state index is -0.0387. The molecule has 0 bridgehead atoms. The summed E-state index contributed by atoms with van der Waals surface area (Å²) in [7, 11) is 3.26. The van der Waals surface area contributed by atoms with Crippen LogP contribution in [0.3, 0.4) is 0 Å². The standard InChI is InChI=1S/C24H28N2O4/c1-15-7-10-17(13-22(15)30-3)25-23(27)16-8-11-18(12-9-16)26-14-20-19(24(26)28)5-4-6-21(20)29-2/h4-7,10,13,16,18H,8-9,11-12,14H2,1-3H3,(H,25,27). The second-order valence-corrected chi connectivity index (χ2v) is 8.10. The van der Waals surface area contributed by atoms with E-state index in [-0.39, 0.29) is 23.8 Å². The Bertz CT molecular complexity index is 964. The van der Waals surface area contributed by atoms with Crippen molar-refractivity contribution in [3.05, 3.63) is 53.1 Å². The minimum absolute atomic E-state index is 0.0387. The van der Waals surface area contributed by atoms with Crippen molar-refractivity contribution in [1.29, 1.82) is 0 Å². The molecule has 6 heteroatoms. The topological polar surface area (TPSA) is 67.9 Å². The van der Waals surface area contributed by atoms with Crippen molar-refractivity contribution in [2.45, 2.75) is 45.2 Å². The van der Waals surface area contributed by atoms with Crippen LogP contribution in [0.15, 0.2) is 36.4 Å². The molecule has 0 saturated heterocycles. The lowest BCUT2D eigenvalue weighted by atomic mass is 9.84. The second kappa shape index (κ2) is 8.38. The quantitative estimate of drug-likeness (QED) is 0.806. The van der Waals surface area contributed by atoms with Gasteiger partial charge in [-0.1, -0.05) is 12.1 Å². The minimum Gasteiger partial charge on any atom is -0.496 e. The molecule has 1 fully saturated rings. The van der Waals surface area contributed by atoms with E-state index in [0.717, 1.165) is 59.6 Å². The van der Waals surface area contributed by atoms with Gasteiger partial charge < -0.3 is 19.7 Å². The zero-order valence-corrected chi connectivity index (χ0v) is 17.7. The summed E-state index contributed by atoms with van der Waals surface area (Å²) >= 11 is 0. The number of hydrogen-bond acceptors (Lipinski definition) is 4. The molecule has 0 spiro atoms. The number of amides is 2. The summed E-state index contributed by atoms with van der Waals surface area (Å²) in [5, 5.41) is 3.02. The molecule has 158 valence electrons. The fraction of sp³-hybridized carbons (Fsp3) is 0.417. The highest BCUT2D eigenvalue weighted by molar-refractivity contribution is 5.99. The van der Waals surface area contributed by atoms with Gasteiger partial charge in [-0.25, -0.2) is 0 Å². The van der Waals surface area contributed by atoms with Crippen molar-refractivity contribution in [3.8, 4) is 11.5 Å². The van der Waals surface area contributed by atoms with Crippen molar-refractivity contribution in [2.75, 3.05) is 19.5 Å². The second-order valence-electron chi connectivity index (χ2n) is 8.10. The van der Waals surface area contributed by atoms with Gasteiger partial charge in [0.15, 0.2) is 0 Å². The van der Waals surface area contributed by atoms with Crippen LogP contribution >= 0.6 is 0 Å². The van der Waals surface area contributed by atoms with Gasteiger partial charge in [-0.3, -0.25) is 9.59 Å². The van der Waals surface area contributed by atoms with Gasteiger partial charge in [0.05, 0.1) is 20.8 Å². The number of benzene rings is 2. The first-order valence-electron chi connectivity index (χ1n) is 10.4. The molecule has 2 aromatic rings. The third-order valence-electron chi connectivity index (χ3n) is 6.36. The molecule has 2 aliphatic rings. The van der Waals surface area contributed by atoms with Gasteiger partial charge in [0.1, 0.15) is 11.5 Å². The smallest absolute Gasteiger partial charge is 0.254 e. The molecule has 0 aromatic heterocycles. The van der Waals surface area contributed by atoms with E-state index in [1.165, 1.54) is 0 Å². The lowest BCUT2D eigenvalue weighted by Crippen LogP contribution is -2.40. The molecule has 0 atom stereocenters. The molecule has 1 saturated carbocycles. The predicted molar refractivity (Wildman–Crippen MR) is 115 cm³/mol. The van der Waals surface area contributed by atoms with Crippen LogP contribution in [0.5, 0.6) is 11.5 Å². The Morgan fingerprint density at radius 2 is 1.77 bits per heavy atom. The Balaban J connectivity index is 1.36. The maximum atomic E-state index is 12.9. The van der Waals surface area contributed by atoms with E-state index in [4.69, 9.17) is 9.47 Å². The molecule has 2 aromatic carbocycles. The van der Waals surface area contributed by atoms with E-state index in [9.17, 15) is 9.59 Å². The highest BCUT2D eigenvalue weighted by Gasteiger charge is 2.37. The summed E-state index contributed by atoms with van der Waals surface area (Å²) in [5.74, 6) is 1.60. The van der Waals surface area contributed by atoms with Crippen molar-refractivity contribution >= 4 is 17.5 Å². The van der Waals surface area contributed by atoms with Crippen LogP contribution in [0.25, 0.3) is 0 Å². The average Bonchev–Trinajstić information content (AvgIpc) is 3.11. The Morgan fingerprint density at radius 3 is 2.47 bits per heavy atom. The SMILES string of the molecule is COc1cc(NC(=O)C2CCC(N3Cc4c(OC)cccc4C3=O)CC2)ccc1C. The number of hydrogen-bond donors (Lipinski definition) is 1. The summed E-state index contributed by atoms with van der Waals surface area (Å²) in [6.45, 7) is 2.56. The maximum absolute atomic E-state index is 12.9. The lowest BCUT2D eigenvalue weighted by molar-refractivity contribution is -0.121. The van der Waals surface area contributed by atoms with E-state index in [1.54, 1.807) is 14.2 Å². The van der Waals surface area contributed by atoms with Crippen LogP contribution in [0.4, 0.5) is 5.69 Å². The molecule has 4 rings (SSSR count). The molecule has 1 aliphatic carbocycles. The first-order chi connectivity index (χ1) is 14.5. The third kappa shape index (κ3) is 3.74. The number of fused-ring (bicyclic) bond motifs is 1. The summed E-state index contributed by atoms with van der Waals surface area (Å²) in [4.78, 5) is 27.6. The van der Waals surface area contributed by atoms with Crippen molar-refractivity contribution in [3.63, 3.8) is 0 Å². The van der Waals surface area contributed by atoms with Crippen LogP contribution in [0.2, 0.25) is 0 Å². The zero-order valence-electron chi connectivity index (χ0n) is 17.7. The van der Waals surface area contributed by atoms with E-state index < -0.39 is 0 Å². The van der Waals surface area contributed by atoms with Crippen LogP contribution < -0.4 is 14.8 Å². The fourth-order valence-electron chi connectivity index (χ4n) is 4.60. The van der Waals surface area contributed by atoms with E-state index in [0.29, 0.717) is 6.54 Å². The van der Waals surface area contributed by atoms with Gasteiger partial charge in [0.2, 0.25) is 5.91 Å². The molecule has 0 unspecified atom stereocenters. The normalized spacial score (nSPS) is 20.6. The monoisotopic (exact) mass is 408 g/mol. The largest absolute Gasteiger partial charge is 0.496 e. The van der Waals surface area contributed by atoms with Gasteiger partial charge in [0.25, 0.3) is 5.91 Å². The Labute approximate surface area is 177 Å². The molecular weight excluding hydrogens is 380 g/mol. The molecule has 1 aliphatic heterocycles. The van der Waals surface area contributed by atoms with E-state index >= 15 is 0 Å². The molecule has 1 heterocycles. The van der Waals surface area contributed by atoms with Gasteiger partial charge in [0, 0.05) is 34.8 Å². The van der Waals surface area contributed by atoms with Gasteiger partial charge in [-0.05, 0) is 56.4 Å². The number of anilines is 1. The number of nitrogens with zero attached hydrogens (tertiary/aromatic N) is 1. The first-order valence-corrected chi connectivity index (χ1v) is 10.4. The molecular formula is C24H28N2O4. The lowest BCUT2D eigenvalue weighted by Gasteiger charge is -2.34. The highest BCUT2D eigenvalue weighted by atomic mass is 16.5. The van der Waals surface area contributed by atoms with Crippen LogP contribution in [0.1, 0.15) is 47.2 Å². The Hall–Kier alpha value is -3.02. The molecule has 0 radical (unpaired) electrons. The number of carbonyl (C=O) groups excluding carboxylic acids is 2. The van der Waals surface area contributed by atoms with Crippen molar-refractivity contribution in [1.82, 2.24) is 4.90 Å². The summed E-state index contributed by atoms with van der Waals surface area (Å²) in [5.41, 5.74) is 3.49. The van der Waals surface area contributed by atoms with Crippen molar-refractivity contribution < 1.29 is 19.1 Å². The average molecular weight is 408 g/mol. The summed E-state index contributed by atoms with van der Waals surface area (Å²) < 4.78 is 10.8. The molecule has 6 nitrogen and oxygen atoms in total. The van der Waals surface area contributed by atoms with Crippen LogP contribution in [-0.2, 0) is 11.3 Å². The van der Waals surface area contributed by atoms with Crippen LogP contribution in [0, 0.1) is 12.8 Å². The maximum Gasteiger partial charge on any atom is 0.254 e. The predicted octanol–water partition coefficient (Wildman–Crippen LogP) is 4.17. The molecule has 2 amide bonds. The first kappa shape index (κ1) is 20.3.